The van der Waals surface area contributed by atoms with Crippen LogP contribution in [0.1, 0.15) is 5.56 Å². The minimum Gasteiger partial charge on any atom is -0.497 e. The van der Waals surface area contributed by atoms with Crippen LogP contribution in [0.25, 0.3) is 0 Å². The normalized spacial score (nSPS) is 9.40. The Balaban J connectivity index is 2.74. The molecule has 0 N–H and O–H groups in total. The summed E-state index contributed by atoms with van der Waals surface area (Å²) in [5, 5.41) is 8.33. The lowest BCUT2D eigenvalue weighted by Gasteiger charge is -2.09. The van der Waals surface area contributed by atoms with Crippen LogP contribution in [0.4, 0.5) is 0 Å². The average Bonchev–Trinajstić information content (AvgIpc) is 2.29. The second-order valence-corrected chi connectivity index (χ2v) is 2.83. The number of methoxy groups -OCH3 is 2. The fraction of sp³-hybridized carbons (Fsp3) is 0.364. The van der Waals surface area contributed by atoms with Crippen molar-refractivity contribution >= 4 is 0 Å². The molecular weight excluding hydrogens is 194 g/mol. The maximum Gasteiger partial charge on any atom is 0.134 e. The molecule has 0 bridgehead atoms. The Hall–Kier alpha value is -1.73. The molecule has 0 atom stereocenters. The van der Waals surface area contributed by atoms with Gasteiger partial charge in [0.25, 0.3) is 0 Å². The number of nitriles is 1. The summed E-state index contributed by atoms with van der Waals surface area (Å²) in [6, 6.07) is 7.38. The van der Waals surface area contributed by atoms with Crippen LogP contribution in [0.3, 0.4) is 0 Å². The van der Waals surface area contributed by atoms with Crippen molar-refractivity contribution in [2.45, 2.75) is 6.61 Å². The van der Waals surface area contributed by atoms with Gasteiger partial charge in [-0.2, -0.15) is 5.26 Å². The first-order chi connectivity index (χ1) is 7.31. The van der Waals surface area contributed by atoms with Crippen LogP contribution >= 0.6 is 0 Å². The second-order valence-electron chi connectivity index (χ2n) is 2.83. The molecule has 0 spiro atoms. The van der Waals surface area contributed by atoms with Crippen LogP contribution in [-0.2, 0) is 11.3 Å². The smallest absolute Gasteiger partial charge is 0.134 e. The molecular formula is C11H13NO3. The van der Waals surface area contributed by atoms with Gasteiger partial charge in [-0.3, -0.25) is 0 Å². The molecule has 0 aliphatic rings. The van der Waals surface area contributed by atoms with Crippen LogP contribution in [-0.4, -0.2) is 20.8 Å². The van der Waals surface area contributed by atoms with E-state index in [1.165, 1.54) is 0 Å². The SMILES string of the molecule is COc1ccc(COCC#N)c(OC)c1. The topological polar surface area (TPSA) is 51.5 Å². The van der Waals surface area contributed by atoms with E-state index < -0.39 is 0 Å². The van der Waals surface area contributed by atoms with E-state index in [2.05, 4.69) is 0 Å². The summed E-state index contributed by atoms with van der Waals surface area (Å²) in [4.78, 5) is 0. The molecule has 15 heavy (non-hydrogen) atoms. The van der Waals surface area contributed by atoms with Crippen LogP contribution < -0.4 is 9.47 Å². The summed E-state index contributed by atoms with van der Waals surface area (Å²) in [6.45, 7) is 0.440. The Morgan fingerprint density at radius 1 is 1.27 bits per heavy atom. The Morgan fingerprint density at radius 3 is 2.67 bits per heavy atom. The van der Waals surface area contributed by atoms with E-state index in [1.807, 2.05) is 18.2 Å². The zero-order chi connectivity index (χ0) is 11.1. The van der Waals surface area contributed by atoms with Crippen molar-refractivity contribution in [3.8, 4) is 17.6 Å². The van der Waals surface area contributed by atoms with Gasteiger partial charge in [-0.1, -0.05) is 0 Å². The minimum absolute atomic E-state index is 0.0786. The van der Waals surface area contributed by atoms with Gasteiger partial charge < -0.3 is 14.2 Å². The zero-order valence-corrected chi connectivity index (χ0v) is 8.82. The van der Waals surface area contributed by atoms with Gasteiger partial charge in [-0.15, -0.1) is 0 Å². The molecule has 4 nitrogen and oxygen atoms in total. The molecule has 0 aliphatic heterocycles. The van der Waals surface area contributed by atoms with Crippen LogP contribution in [0.2, 0.25) is 0 Å². The average molecular weight is 207 g/mol. The molecule has 0 aliphatic carbocycles. The fourth-order valence-corrected chi connectivity index (χ4v) is 1.18. The molecule has 0 amide bonds. The third kappa shape index (κ3) is 3.15. The maximum absolute atomic E-state index is 8.33. The summed E-state index contributed by atoms with van der Waals surface area (Å²) >= 11 is 0. The van der Waals surface area contributed by atoms with Crippen LogP contribution in [0, 0.1) is 11.3 Å². The van der Waals surface area contributed by atoms with Gasteiger partial charge in [0.2, 0.25) is 0 Å². The molecule has 0 saturated heterocycles. The highest BCUT2D eigenvalue weighted by Gasteiger charge is 2.04. The highest BCUT2D eigenvalue weighted by molar-refractivity contribution is 5.40. The Morgan fingerprint density at radius 2 is 2.07 bits per heavy atom. The molecule has 0 saturated carbocycles. The molecule has 80 valence electrons. The summed E-state index contributed by atoms with van der Waals surface area (Å²) < 4.78 is 15.3. The van der Waals surface area contributed by atoms with E-state index in [0.29, 0.717) is 12.4 Å². The Kier molecular flexibility index (Phi) is 4.45. The molecule has 0 radical (unpaired) electrons. The molecule has 1 aromatic carbocycles. The Bertz CT molecular complexity index is 357. The van der Waals surface area contributed by atoms with Crippen LogP contribution in [0.5, 0.6) is 11.5 Å². The van der Waals surface area contributed by atoms with Crippen LogP contribution in [0.15, 0.2) is 18.2 Å². The van der Waals surface area contributed by atoms with Gasteiger partial charge in [0.1, 0.15) is 18.1 Å². The van der Waals surface area contributed by atoms with Crippen molar-refractivity contribution in [3.63, 3.8) is 0 Å². The zero-order valence-electron chi connectivity index (χ0n) is 8.82. The fourth-order valence-electron chi connectivity index (χ4n) is 1.18. The van der Waals surface area contributed by atoms with E-state index in [0.717, 1.165) is 11.3 Å². The van der Waals surface area contributed by atoms with E-state index in [1.54, 1.807) is 20.3 Å². The molecule has 1 aromatic rings. The van der Waals surface area contributed by atoms with Crippen molar-refractivity contribution in [2.75, 3.05) is 20.8 Å². The lowest BCUT2D eigenvalue weighted by molar-refractivity contribution is 0.150. The quantitative estimate of drug-likeness (QED) is 0.690. The van der Waals surface area contributed by atoms with Gasteiger partial charge in [0.05, 0.1) is 26.9 Å². The number of hydrogen-bond donors (Lipinski definition) is 0. The van der Waals surface area contributed by atoms with Gasteiger partial charge >= 0.3 is 0 Å². The summed E-state index contributed by atoms with van der Waals surface area (Å²) in [6.07, 6.45) is 0. The summed E-state index contributed by atoms with van der Waals surface area (Å²) in [7, 11) is 3.18. The summed E-state index contributed by atoms with van der Waals surface area (Å²) in [5.74, 6) is 1.43. The number of nitrogens with zero attached hydrogens (tertiary/aromatic N) is 1. The number of benzene rings is 1. The molecule has 0 unspecified atom stereocenters. The predicted octanol–water partition coefficient (Wildman–Crippen LogP) is 1.74. The number of rotatable bonds is 5. The first-order valence-electron chi connectivity index (χ1n) is 4.47. The van der Waals surface area contributed by atoms with E-state index in [9.17, 15) is 0 Å². The molecule has 0 fully saturated rings. The predicted molar refractivity (Wildman–Crippen MR) is 54.8 cm³/mol. The highest BCUT2D eigenvalue weighted by Crippen LogP contribution is 2.24. The first-order valence-corrected chi connectivity index (χ1v) is 4.47. The van der Waals surface area contributed by atoms with Gasteiger partial charge in [-0.25, -0.2) is 0 Å². The molecule has 1 rings (SSSR count). The molecule has 0 heterocycles. The lowest BCUT2D eigenvalue weighted by Crippen LogP contribution is -1.97. The van der Waals surface area contributed by atoms with Gasteiger partial charge in [0.15, 0.2) is 0 Å². The van der Waals surface area contributed by atoms with Crippen molar-refractivity contribution in [3.05, 3.63) is 23.8 Å². The maximum atomic E-state index is 8.33. The highest BCUT2D eigenvalue weighted by atomic mass is 16.5. The monoisotopic (exact) mass is 207 g/mol. The summed E-state index contributed by atoms with van der Waals surface area (Å²) in [5.41, 5.74) is 0.897. The molecule has 4 heteroatoms. The van der Waals surface area contributed by atoms with Gasteiger partial charge in [0, 0.05) is 11.6 Å². The van der Waals surface area contributed by atoms with E-state index in [4.69, 9.17) is 19.5 Å². The standard InChI is InChI=1S/C11H13NO3/c1-13-10-4-3-9(8-15-6-5-12)11(7-10)14-2/h3-4,7H,6,8H2,1-2H3. The minimum atomic E-state index is 0.0786. The van der Waals surface area contributed by atoms with Crippen molar-refractivity contribution in [1.82, 2.24) is 0 Å². The second kappa shape index (κ2) is 5.89. The number of hydrogen-bond acceptors (Lipinski definition) is 4. The van der Waals surface area contributed by atoms with Crippen molar-refractivity contribution < 1.29 is 14.2 Å². The van der Waals surface area contributed by atoms with Gasteiger partial charge in [-0.05, 0) is 12.1 Å². The first kappa shape index (κ1) is 11.3. The van der Waals surface area contributed by atoms with E-state index >= 15 is 0 Å². The van der Waals surface area contributed by atoms with Crippen molar-refractivity contribution in [1.29, 1.82) is 5.26 Å². The van der Waals surface area contributed by atoms with E-state index in [-0.39, 0.29) is 6.61 Å². The number of ether oxygens (including phenoxy) is 3. The largest absolute Gasteiger partial charge is 0.497 e. The third-order valence-corrected chi connectivity index (χ3v) is 1.92. The lowest BCUT2D eigenvalue weighted by atomic mass is 10.2. The third-order valence-electron chi connectivity index (χ3n) is 1.92. The molecule has 0 aromatic heterocycles. The van der Waals surface area contributed by atoms with Crippen molar-refractivity contribution in [2.24, 2.45) is 0 Å². The Labute approximate surface area is 89.0 Å².